The third-order valence-corrected chi connectivity index (χ3v) is 5.32. The molecular weight excluding hydrogens is 348 g/mol. The van der Waals surface area contributed by atoms with Crippen molar-refractivity contribution < 1.29 is 8.42 Å². The van der Waals surface area contributed by atoms with Crippen molar-refractivity contribution in [2.24, 2.45) is 4.99 Å². The molecule has 0 aliphatic rings. The van der Waals surface area contributed by atoms with E-state index >= 15 is 0 Å². The monoisotopic (exact) mass is 382 g/mol. The number of nitrogens with zero attached hydrogens (tertiary/aromatic N) is 2. The fourth-order valence-electron chi connectivity index (χ4n) is 2.64. The minimum Gasteiger partial charge on any atom is -0.357 e. The van der Waals surface area contributed by atoms with E-state index in [9.17, 15) is 8.42 Å². The van der Waals surface area contributed by atoms with E-state index in [4.69, 9.17) is 0 Å². The van der Waals surface area contributed by atoms with Crippen LogP contribution in [0.1, 0.15) is 33.3 Å². The zero-order chi connectivity index (χ0) is 19.6. The van der Waals surface area contributed by atoms with E-state index in [0.717, 1.165) is 50.7 Å². The molecule has 0 bridgehead atoms. The molecule has 0 aliphatic heterocycles. The Hall–Kier alpha value is -1.60. The van der Waals surface area contributed by atoms with Gasteiger partial charge in [0.15, 0.2) is 15.8 Å². The zero-order valence-electron chi connectivity index (χ0n) is 16.7. The molecule has 1 aromatic carbocycles. The molecule has 0 saturated carbocycles. The second-order valence-corrected chi connectivity index (χ2v) is 8.59. The van der Waals surface area contributed by atoms with Crippen molar-refractivity contribution in [1.29, 1.82) is 0 Å². The second-order valence-electron chi connectivity index (χ2n) is 6.58. The Kier molecular flexibility index (Phi) is 9.65. The molecule has 6 nitrogen and oxygen atoms in total. The standard InChI is InChI=1S/C19H34N4O2S/c1-6-20-19(22-14-15-23(7-2)16(3)4)21-13-12-17-8-10-18(11-9-17)26(5,24)25/h8-11,16H,6-7,12-15H2,1-5H3,(H2,20,21,22). The Bertz CT molecular complexity index is 655. The van der Waals surface area contributed by atoms with Gasteiger partial charge in [-0.05, 0) is 51.4 Å². The maximum absolute atomic E-state index is 11.5. The molecule has 26 heavy (non-hydrogen) atoms. The maximum Gasteiger partial charge on any atom is 0.191 e. The fraction of sp³-hybridized carbons (Fsp3) is 0.632. The third-order valence-electron chi connectivity index (χ3n) is 4.20. The topological polar surface area (TPSA) is 73.8 Å². The first-order valence-electron chi connectivity index (χ1n) is 9.33. The summed E-state index contributed by atoms with van der Waals surface area (Å²) in [7, 11) is -3.14. The second kappa shape index (κ2) is 11.2. The first-order chi connectivity index (χ1) is 12.3. The van der Waals surface area contributed by atoms with Crippen LogP contribution in [0.15, 0.2) is 34.2 Å². The lowest BCUT2D eigenvalue weighted by atomic mass is 10.1. The molecule has 148 valence electrons. The average Bonchev–Trinajstić information content (AvgIpc) is 2.58. The average molecular weight is 383 g/mol. The summed E-state index contributed by atoms with van der Waals surface area (Å²) in [5.41, 5.74) is 1.10. The summed E-state index contributed by atoms with van der Waals surface area (Å²) in [6.07, 6.45) is 2.03. The van der Waals surface area contributed by atoms with Crippen LogP contribution >= 0.6 is 0 Å². The van der Waals surface area contributed by atoms with Crippen molar-refractivity contribution in [3.63, 3.8) is 0 Å². The van der Waals surface area contributed by atoms with Crippen LogP contribution in [0.3, 0.4) is 0 Å². The molecule has 0 aromatic heterocycles. The molecule has 0 fully saturated rings. The number of rotatable bonds is 10. The lowest BCUT2D eigenvalue weighted by Gasteiger charge is -2.23. The van der Waals surface area contributed by atoms with Crippen molar-refractivity contribution in [1.82, 2.24) is 15.5 Å². The molecule has 0 atom stereocenters. The van der Waals surface area contributed by atoms with Crippen molar-refractivity contribution in [3.8, 4) is 0 Å². The van der Waals surface area contributed by atoms with Gasteiger partial charge in [-0.2, -0.15) is 0 Å². The molecular formula is C19H34N4O2S. The van der Waals surface area contributed by atoms with Gasteiger partial charge in [-0.15, -0.1) is 0 Å². The van der Waals surface area contributed by atoms with Gasteiger partial charge in [0.25, 0.3) is 0 Å². The van der Waals surface area contributed by atoms with Gasteiger partial charge in [0, 0.05) is 31.9 Å². The number of sulfone groups is 1. The van der Waals surface area contributed by atoms with Gasteiger partial charge < -0.3 is 10.6 Å². The van der Waals surface area contributed by atoms with Gasteiger partial charge in [0.05, 0.1) is 11.4 Å². The lowest BCUT2D eigenvalue weighted by molar-refractivity contribution is 0.240. The molecule has 0 spiro atoms. The number of benzene rings is 1. The SMILES string of the molecule is CCNC(=NCCN(CC)C(C)C)NCCc1ccc(S(C)(=O)=O)cc1. The van der Waals surface area contributed by atoms with Crippen LogP contribution in [-0.2, 0) is 16.3 Å². The number of hydrogen-bond acceptors (Lipinski definition) is 4. The minimum atomic E-state index is -3.14. The number of aliphatic imine (C=N–C) groups is 1. The van der Waals surface area contributed by atoms with Crippen LogP contribution in [-0.4, -0.2) is 64.3 Å². The molecule has 1 aromatic rings. The third kappa shape index (κ3) is 8.19. The predicted molar refractivity (Wildman–Crippen MR) is 110 cm³/mol. The molecule has 0 aliphatic carbocycles. The van der Waals surface area contributed by atoms with E-state index in [-0.39, 0.29) is 0 Å². The summed E-state index contributed by atoms with van der Waals surface area (Å²) < 4.78 is 23.0. The highest BCUT2D eigenvalue weighted by molar-refractivity contribution is 7.90. The molecule has 0 heterocycles. The van der Waals surface area contributed by atoms with Crippen LogP contribution in [0.2, 0.25) is 0 Å². The van der Waals surface area contributed by atoms with E-state index in [0.29, 0.717) is 10.9 Å². The molecule has 0 radical (unpaired) electrons. The smallest absolute Gasteiger partial charge is 0.191 e. The minimum absolute atomic E-state index is 0.356. The lowest BCUT2D eigenvalue weighted by Crippen LogP contribution is -2.39. The summed E-state index contributed by atoms with van der Waals surface area (Å²) in [5.74, 6) is 0.820. The first kappa shape index (κ1) is 22.4. The summed E-state index contributed by atoms with van der Waals surface area (Å²) in [5, 5.41) is 6.60. The van der Waals surface area contributed by atoms with Crippen molar-refractivity contribution in [2.75, 3.05) is 39.0 Å². The van der Waals surface area contributed by atoms with Crippen LogP contribution < -0.4 is 10.6 Å². The van der Waals surface area contributed by atoms with Gasteiger partial charge in [-0.1, -0.05) is 19.1 Å². The van der Waals surface area contributed by atoms with Crippen molar-refractivity contribution >= 4 is 15.8 Å². The maximum atomic E-state index is 11.5. The van der Waals surface area contributed by atoms with Crippen LogP contribution in [0, 0.1) is 0 Å². The van der Waals surface area contributed by atoms with Crippen LogP contribution in [0.4, 0.5) is 0 Å². The van der Waals surface area contributed by atoms with E-state index in [1.165, 1.54) is 6.26 Å². The van der Waals surface area contributed by atoms with E-state index in [1.807, 2.05) is 19.1 Å². The Morgan fingerprint density at radius 2 is 1.81 bits per heavy atom. The van der Waals surface area contributed by atoms with Gasteiger partial charge in [0.1, 0.15) is 0 Å². The summed E-state index contributed by atoms with van der Waals surface area (Å²) in [4.78, 5) is 7.38. The molecule has 0 unspecified atom stereocenters. The highest BCUT2D eigenvalue weighted by atomic mass is 32.2. The van der Waals surface area contributed by atoms with Crippen LogP contribution in [0.25, 0.3) is 0 Å². The zero-order valence-corrected chi connectivity index (χ0v) is 17.6. The Morgan fingerprint density at radius 1 is 1.15 bits per heavy atom. The molecule has 1 rings (SSSR count). The fourth-order valence-corrected chi connectivity index (χ4v) is 3.27. The molecule has 0 amide bonds. The van der Waals surface area contributed by atoms with Crippen molar-refractivity contribution in [2.45, 2.75) is 45.1 Å². The van der Waals surface area contributed by atoms with Crippen molar-refractivity contribution in [3.05, 3.63) is 29.8 Å². The van der Waals surface area contributed by atoms with Gasteiger partial charge in [-0.3, -0.25) is 9.89 Å². The molecule has 0 saturated heterocycles. The summed E-state index contributed by atoms with van der Waals surface area (Å²) >= 11 is 0. The number of guanidine groups is 1. The highest BCUT2D eigenvalue weighted by Crippen LogP contribution is 2.10. The largest absolute Gasteiger partial charge is 0.357 e. The van der Waals surface area contributed by atoms with E-state index in [2.05, 4.69) is 41.3 Å². The normalized spacial score (nSPS) is 12.7. The van der Waals surface area contributed by atoms with E-state index < -0.39 is 9.84 Å². The van der Waals surface area contributed by atoms with Gasteiger partial charge in [-0.25, -0.2) is 8.42 Å². The van der Waals surface area contributed by atoms with E-state index in [1.54, 1.807) is 12.1 Å². The van der Waals surface area contributed by atoms with Gasteiger partial charge in [0.2, 0.25) is 0 Å². The summed E-state index contributed by atoms with van der Waals surface area (Å²) in [6.45, 7) is 12.9. The molecule has 2 N–H and O–H groups in total. The summed E-state index contributed by atoms with van der Waals surface area (Å²) in [6, 6.07) is 7.58. The van der Waals surface area contributed by atoms with Crippen LogP contribution in [0.5, 0.6) is 0 Å². The quantitative estimate of drug-likeness (QED) is 0.478. The number of likely N-dealkylation sites (N-methyl/N-ethyl adjacent to an activating group) is 1. The number of nitrogens with one attached hydrogen (secondary N) is 2. The highest BCUT2D eigenvalue weighted by Gasteiger charge is 2.07. The van der Waals surface area contributed by atoms with Gasteiger partial charge >= 0.3 is 0 Å². The first-order valence-corrected chi connectivity index (χ1v) is 11.2. The number of hydrogen-bond donors (Lipinski definition) is 2. The Labute approximate surface area is 159 Å². The molecule has 7 heteroatoms. The Balaban J connectivity index is 2.51. The Morgan fingerprint density at radius 3 is 2.31 bits per heavy atom. The predicted octanol–water partition coefficient (Wildman–Crippen LogP) is 1.92.